The summed E-state index contributed by atoms with van der Waals surface area (Å²) in [6.07, 6.45) is 5.80. The Balaban J connectivity index is 1.63. The van der Waals surface area contributed by atoms with Crippen molar-refractivity contribution in [3.63, 3.8) is 0 Å². The van der Waals surface area contributed by atoms with Crippen molar-refractivity contribution in [1.29, 1.82) is 0 Å². The number of alkyl halides is 1. The van der Waals surface area contributed by atoms with Gasteiger partial charge in [-0.1, -0.05) is 62.4 Å². The SMILES string of the molecule is CC(C)(C)OC(=O)n1cnc(C[C@H](NC(=O)[C@H](Cc2ccccc2)CS(=O)(=O)C(C)(C)C)C(=O)N[C@@H](CC2CCCCC2)[C@@H](O)[C@H](F)C2CC2)c1. The number of nitrogens with zero attached hydrogens (tertiary/aromatic N) is 2. The quantitative estimate of drug-likeness (QED) is 0.222. The molecule has 1 aromatic heterocycles. The fourth-order valence-electron chi connectivity index (χ4n) is 6.50. The zero-order valence-corrected chi connectivity index (χ0v) is 31.8. The van der Waals surface area contributed by atoms with Gasteiger partial charge in [0.2, 0.25) is 11.8 Å². The van der Waals surface area contributed by atoms with Crippen molar-refractivity contribution in [3.05, 3.63) is 54.1 Å². The number of imidazole rings is 1. The molecule has 11 nitrogen and oxygen atoms in total. The molecule has 1 heterocycles. The van der Waals surface area contributed by atoms with E-state index in [1.54, 1.807) is 53.7 Å². The summed E-state index contributed by atoms with van der Waals surface area (Å²) in [6, 6.07) is 6.87. The minimum absolute atomic E-state index is 0.109. The molecule has 5 atom stereocenters. The Labute approximate surface area is 302 Å². The fourth-order valence-corrected chi connectivity index (χ4v) is 7.80. The first kappa shape index (κ1) is 40.5. The van der Waals surface area contributed by atoms with Crippen LogP contribution in [0.5, 0.6) is 0 Å². The van der Waals surface area contributed by atoms with Crippen molar-refractivity contribution in [2.45, 2.75) is 140 Å². The van der Waals surface area contributed by atoms with E-state index in [0.29, 0.717) is 19.3 Å². The molecule has 0 bridgehead atoms. The van der Waals surface area contributed by atoms with Gasteiger partial charge in [0.1, 0.15) is 30.2 Å². The summed E-state index contributed by atoms with van der Waals surface area (Å²) in [7, 11) is -3.76. The Morgan fingerprint density at radius 2 is 1.61 bits per heavy atom. The Morgan fingerprint density at radius 3 is 2.20 bits per heavy atom. The van der Waals surface area contributed by atoms with Crippen molar-refractivity contribution in [1.82, 2.24) is 20.2 Å². The number of amides is 2. The first-order chi connectivity index (χ1) is 23.8. The fraction of sp³-hybridized carbons (Fsp3) is 0.684. The maximum Gasteiger partial charge on any atom is 0.419 e. The molecular formula is C38H57FN4O7S. The van der Waals surface area contributed by atoms with E-state index >= 15 is 4.39 Å². The maximum absolute atomic E-state index is 15.4. The number of carbonyl (C=O) groups excluding carboxylic acids is 3. The lowest BCUT2D eigenvalue weighted by atomic mass is 9.82. The van der Waals surface area contributed by atoms with Crippen molar-refractivity contribution >= 4 is 27.7 Å². The molecule has 3 N–H and O–H groups in total. The lowest BCUT2D eigenvalue weighted by Gasteiger charge is -2.33. The normalized spacial score (nSPS) is 19.0. The zero-order chi connectivity index (χ0) is 37.6. The predicted molar refractivity (Wildman–Crippen MR) is 193 cm³/mol. The Bertz CT molecular complexity index is 1570. The molecule has 0 unspecified atom stereocenters. The van der Waals surface area contributed by atoms with E-state index in [4.69, 9.17) is 4.74 Å². The van der Waals surface area contributed by atoms with Crippen LogP contribution in [-0.4, -0.2) is 81.4 Å². The summed E-state index contributed by atoms with van der Waals surface area (Å²) >= 11 is 0. The highest BCUT2D eigenvalue weighted by Gasteiger charge is 2.42. The van der Waals surface area contributed by atoms with Gasteiger partial charge in [-0.25, -0.2) is 27.2 Å². The molecule has 2 aliphatic carbocycles. The molecule has 2 amide bonds. The van der Waals surface area contributed by atoms with Crippen LogP contribution >= 0.6 is 0 Å². The van der Waals surface area contributed by atoms with Gasteiger partial charge in [-0.15, -0.1) is 0 Å². The standard InChI is InChI=1S/C38H57FN4O7S/c1-37(2,3)50-36(47)43-22-29(40-24-43)21-31(35(46)41-30(20-26-15-11-8-12-16-26)33(44)32(39)27-17-18-27)42-34(45)28(19-25-13-9-7-10-14-25)23-51(48,49)38(4,5)6/h7,9-10,13-14,22,24,26-28,30-33,44H,8,11-12,15-21,23H2,1-6H3,(H,41,46)(H,42,45)/t28-,30+,31+,32-,33-/m1/s1. The minimum Gasteiger partial charge on any atom is -0.443 e. The highest BCUT2D eigenvalue weighted by molar-refractivity contribution is 7.92. The van der Waals surface area contributed by atoms with Gasteiger partial charge in [0, 0.05) is 12.6 Å². The van der Waals surface area contributed by atoms with Gasteiger partial charge in [-0.2, -0.15) is 0 Å². The second-order valence-corrected chi connectivity index (χ2v) is 19.2. The molecule has 1 aromatic carbocycles. The molecule has 4 rings (SSSR count). The molecule has 0 aliphatic heterocycles. The molecule has 2 aliphatic rings. The maximum atomic E-state index is 15.4. The number of nitrogens with one attached hydrogen (secondary N) is 2. The number of benzene rings is 1. The van der Waals surface area contributed by atoms with Crippen molar-refractivity contribution in [3.8, 4) is 0 Å². The predicted octanol–water partition coefficient (Wildman–Crippen LogP) is 5.33. The lowest BCUT2D eigenvalue weighted by molar-refractivity contribution is -0.132. The molecule has 2 aromatic rings. The molecule has 13 heteroatoms. The van der Waals surface area contributed by atoms with Gasteiger partial charge in [-0.05, 0) is 84.6 Å². The number of carbonyl (C=O) groups is 3. The van der Waals surface area contributed by atoms with Crippen LogP contribution in [0.1, 0.15) is 104 Å². The summed E-state index contributed by atoms with van der Waals surface area (Å²) in [4.78, 5) is 45.3. The molecule has 0 spiro atoms. The Hall–Kier alpha value is -3.32. The van der Waals surface area contributed by atoms with E-state index < -0.39 is 74.1 Å². The third kappa shape index (κ3) is 12.1. The summed E-state index contributed by atoms with van der Waals surface area (Å²) in [5, 5.41) is 16.9. The minimum atomic E-state index is -3.76. The molecule has 284 valence electrons. The molecule has 0 radical (unpaired) electrons. The number of aromatic nitrogens is 2. The lowest BCUT2D eigenvalue weighted by Crippen LogP contribution is -2.56. The van der Waals surface area contributed by atoms with Crippen LogP contribution in [0.3, 0.4) is 0 Å². The topological polar surface area (TPSA) is 157 Å². The smallest absolute Gasteiger partial charge is 0.419 e. The van der Waals surface area contributed by atoms with Gasteiger partial charge in [0.15, 0.2) is 9.84 Å². The van der Waals surface area contributed by atoms with E-state index in [9.17, 15) is 27.9 Å². The summed E-state index contributed by atoms with van der Waals surface area (Å²) in [5.41, 5.74) is 0.277. The number of aliphatic hydroxyl groups excluding tert-OH is 1. The number of sulfone groups is 1. The van der Waals surface area contributed by atoms with E-state index in [1.165, 1.54) is 12.5 Å². The monoisotopic (exact) mass is 732 g/mol. The average Bonchev–Trinajstić information content (AvgIpc) is 3.80. The number of ether oxygens (including phenoxy) is 1. The molecular weight excluding hydrogens is 676 g/mol. The first-order valence-corrected chi connectivity index (χ1v) is 19.9. The molecule has 0 saturated heterocycles. The van der Waals surface area contributed by atoms with Gasteiger partial charge in [0.05, 0.1) is 28.2 Å². The van der Waals surface area contributed by atoms with Gasteiger partial charge < -0.3 is 20.5 Å². The summed E-state index contributed by atoms with van der Waals surface area (Å²) in [6.45, 7) is 9.92. The van der Waals surface area contributed by atoms with Gasteiger partial charge in [-0.3, -0.25) is 9.59 Å². The Kier molecular flexibility index (Phi) is 13.5. The van der Waals surface area contributed by atoms with E-state index in [0.717, 1.165) is 42.2 Å². The molecule has 51 heavy (non-hydrogen) atoms. The molecule has 2 fully saturated rings. The van der Waals surface area contributed by atoms with Crippen LogP contribution in [0, 0.1) is 17.8 Å². The summed E-state index contributed by atoms with van der Waals surface area (Å²) < 4.78 is 47.6. The first-order valence-electron chi connectivity index (χ1n) is 18.3. The largest absolute Gasteiger partial charge is 0.443 e. The Morgan fingerprint density at radius 1 is 0.961 bits per heavy atom. The van der Waals surface area contributed by atoms with Crippen molar-refractivity contribution in [2.75, 3.05) is 5.75 Å². The van der Waals surface area contributed by atoms with E-state index in [-0.39, 0.29) is 30.4 Å². The van der Waals surface area contributed by atoms with Gasteiger partial charge in [0.25, 0.3) is 0 Å². The number of halogens is 1. The number of hydrogen-bond donors (Lipinski definition) is 3. The van der Waals surface area contributed by atoms with Crippen LogP contribution in [0.4, 0.5) is 9.18 Å². The molecule has 2 saturated carbocycles. The van der Waals surface area contributed by atoms with Crippen LogP contribution in [0.15, 0.2) is 42.9 Å². The average molecular weight is 733 g/mol. The third-order valence-electron chi connectivity index (χ3n) is 9.79. The van der Waals surface area contributed by atoms with Crippen molar-refractivity contribution < 1.29 is 37.0 Å². The van der Waals surface area contributed by atoms with E-state index in [2.05, 4.69) is 15.6 Å². The highest BCUT2D eigenvalue weighted by atomic mass is 32.2. The number of aliphatic hydroxyl groups is 1. The summed E-state index contributed by atoms with van der Waals surface area (Å²) in [5.74, 6) is -2.84. The van der Waals surface area contributed by atoms with Crippen LogP contribution in [0.25, 0.3) is 0 Å². The van der Waals surface area contributed by atoms with E-state index in [1.807, 2.05) is 18.2 Å². The second-order valence-electron chi connectivity index (χ2n) is 16.4. The zero-order valence-electron chi connectivity index (χ0n) is 30.9. The number of rotatable bonds is 15. The van der Waals surface area contributed by atoms with Crippen molar-refractivity contribution in [2.24, 2.45) is 17.8 Å². The second kappa shape index (κ2) is 17.0. The van der Waals surface area contributed by atoms with Gasteiger partial charge >= 0.3 is 6.09 Å². The third-order valence-corrected chi connectivity index (χ3v) is 12.5. The van der Waals surface area contributed by atoms with Crippen LogP contribution in [0.2, 0.25) is 0 Å². The van der Waals surface area contributed by atoms with Crippen LogP contribution < -0.4 is 10.6 Å². The van der Waals surface area contributed by atoms with Crippen LogP contribution in [-0.2, 0) is 37.0 Å². The number of hydrogen-bond acceptors (Lipinski definition) is 8. The highest BCUT2D eigenvalue weighted by Crippen LogP contribution is 2.38.